The molecule has 2 saturated heterocycles. The summed E-state index contributed by atoms with van der Waals surface area (Å²) in [5, 5.41) is 8.03. The van der Waals surface area contributed by atoms with Gasteiger partial charge in [0.15, 0.2) is 5.91 Å². The molecule has 0 saturated carbocycles. The molecule has 8 heteroatoms. The Morgan fingerprint density at radius 2 is 2.00 bits per heavy atom. The van der Waals surface area contributed by atoms with E-state index >= 15 is 0 Å². The molecule has 3 amide bonds. The molecule has 1 unspecified atom stereocenters. The smallest absolute Gasteiger partial charge is 0.248 e. The van der Waals surface area contributed by atoms with Gasteiger partial charge in [-0.3, -0.25) is 14.9 Å². The number of hydrogen-bond acceptors (Lipinski definition) is 5. The van der Waals surface area contributed by atoms with Gasteiger partial charge in [0.05, 0.1) is 0 Å². The third kappa shape index (κ3) is 7.46. The van der Waals surface area contributed by atoms with Crippen molar-refractivity contribution in [3.63, 3.8) is 0 Å². The van der Waals surface area contributed by atoms with Gasteiger partial charge in [-0.05, 0) is 13.5 Å². The van der Waals surface area contributed by atoms with Crippen molar-refractivity contribution in [2.75, 3.05) is 33.2 Å². The van der Waals surface area contributed by atoms with E-state index in [4.69, 9.17) is 0 Å². The number of rotatable bonds is 2. The number of imide groups is 1. The topological polar surface area (TPSA) is 90.5 Å². The van der Waals surface area contributed by atoms with Crippen LogP contribution in [0, 0.1) is 6.07 Å². The van der Waals surface area contributed by atoms with Gasteiger partial charge < -0.3 is 20.3 Å². The molecule has 3 N–H and O–H groups in total. The molecule has 2 heterocycles. The molecule has 1 atom stereocenters. The van der Waals surface area contributed by atoms with Gasteiger partial charge in [-0.15, -0.1) is 30.3 Å². The molecule has 1 aromatic rings. The number of nitrogens with zero attached hydrogens (tertiary/aromatic N) is 1. The minimum atomic E-state index is -0.645. The number of piperidine rings is 1. The summed E-state index contributed by atoms with van der Waals surface area (Å²) < 4.78 is 0. The zero-order chi connectivity index (χ0) is 17.4. The third-order valence-corrected chi connectivity index (χ3v) is 3.84. The summed E-state index contributed by atoms with van der Waals surface area (Å²) >= 11 is 0. The predicted molar refractivity (Wildman–Crippen MR) is 89.3 cm³/mol. The van der Waals surface area contributed by atoms with Crippen LogP contribution in [0.1, 0.15) is 23.2 Å². The van der Waals surface area contributed by atoms with Crippen LogP contribution in [-0.4, -0.2) is 61.9 Å². The second-order valence-corrected chi connectivity index (χ2v) is 5.81. The second kappa shape index (κ2) is 11.1. The average Bonchev–Trinajstić information content (AvgIpc) is 2.59. The molecule has 0 aliphatic carbocycles. The summed E-state index contributed by atoms with van der Waals surface area (Å²) in [6.07, 6.45) is 0.582. The van der Waals surface area contributed by atoms with Crippen LogP contribution in [0.2, 0.25) is 0 Å². The number of carbonyl (C=O) groups is 3. The van der Waals surface area contributed by atoms with Crippen molar-refractivity contribution in [3.8, 4) is 0 Å². The van der Waals surface area contributed by atoms with E-state index in [1.807, 2.05) is 0 Å². The zero-order valence-corrected chi connectivity index (χ0v) is 17.1. The van der Waals surface area contributed by atoms with Crippen molar-refractivity contribution in [1.82, 2.24) is 20.9 Å². The van der Waals surface area contributed by atoms with Crippen LogP contribution in [0.15, 0.2) is 24.3 Å². The van der Waals surface area contributed by atoms with Crippen molar-refractivity contribution in [2.45, 2.75) is 18.9 Å². The predicted octanol–water partition coefficient (Wildman–Crippen LogP) is -0.459. The van der Waals surface area contributed by atoms with Crippen molar-refractivity contribution < 1.29 is 35.4 Å². The van der Waals surface area contributed by atoms with E-state index in [2.05, 4.69) is 34.0 Å². The molecule has 0 spiro atoms. The van der Waals surface area contributed by atoms with Gasteiger partial charge in [0, 0.05) is 53.7 Å². The first-order valence-electron chi connectivity index (χ1n) is 8.07. The molecule has 2 aliphatic rings. The largest absolute Gasteiger partial charge is 0.381 e. The van der Waals surface area contributed by atoms with Crippen molar-refractivity contribution in [3.05, 3.63) is 35.9 Å². The van der Waals surface area contributed by atoms with Gasteiger partial charge in [0.2, 0.25) is 11.8 Å². The molecule has 1 aromatic carbocycles. The number of nitrogens with one attached hydrogen (secondary N) is 3. The Bertz CT molecular complexity index is 577. The van der Waals surface area contributed by atoms with Crippen LogP contribution in [0.3, 0.4) is 0 Å². The zero-order valence-electron chi connectivity index (χ0n) is 14.2. The molecular weight excluding hydrogens is 492 g/mol. The second-order valence-electron chi connectivity index (χ2n) is 5.81. The minimum Gasteiger partial charge on any atom is -0.381 e. The first kappa shape index (κ1) is 21.5. The Kier molecular flexibility index (Phi) is 9.56. The van der Waals surface area contributed by atoms with Gasteiger partial charge in [0.25, 0.3) is 0 Å². The summed E-state index contributed by atoms with van der Waals surface area (Å²) in [7, 11) is 2.15. The van der Waals surface area contributed by atoms with Gasteiger partial charge in [-0.2, -0.15) is 0 Å². The van der Waals surface area contributed by atoms with Crippen LogP contribution in [-0.2, 0) is 30.7 Å². The van der Waals surface area contributed by atoms with Crippen molar-refractivity contribution >= 4 is 17.7 Å². The molecular formula is C17H23N4O3W-. The van der Waals surface area contributed by atoms with Crippen LogP contribution < -0.4 is 16.0 Å². The fourth-order valence-electron chi connectivity index (χ4n) is 2.38. The quantitative estimate of drug-likeness (QED) is 0.367. The summed E-state index contributed by atoms with van der Waals surface area (Å²) in [6.45, 7) is 4.74. The molecule has 25 heavy (non-hydrogen) atoms. The van der Waals surface area contributed by atoms with Crippen LogP contribution in [0.4, 0.5) is 0 Å². The molecule has 0 bridgehead atoms. The van der Waals surface area contributed by atoms with Crippen LogP contribution >= 0.6 is 0 Å². The van der Waals surface area contributed by atoms with E-state index < -0.39 is 11.9 Å². The maximum atomic E-state index is 11.7. The van der Waals surface area contributed by atoms with Crippen molar-refractivity contribution in [1.29, 1.82) is 0 Å². The van der Waals surface area contributed by atoms with Gasteiger partial charge in [0.1, 0.15) is 6.04 Å². The van der Waals surface area contributed by atoms with Crippen molar-refractivity contribution in [2.24, 2.45) is 0 Å². The van der Waals surface area contributed by atoms with E-state index in [-0.39, 0.29) is 39.3 Å². The Labute approximate surface area is 162 Å². The average molecular weight is 515 g/mol. The van der Waals surface area contributed by atoms with Gasteiger partial charge in [-0.1, -0.05) is 5.56 Å². The molecule has 2 fully saturated rings. The molecule has 0 radical (unpaired) electrons. The molecule has 0 aromatic heterocycles. The van der Waals surface area contributed by atoms with E-state index in [1.165, 1.54) is 13.1 Å². The third-order valence-electron chi connectivity index (χ3n) is 3.84. The maximum Gasteiger partial charge on any atom is 0.248 e. The van der Waals surface area contributed by atoms with E-state index in [0.717, 1.165) is 13.1 Å². The fourth-order valence-corrected chi connectivity index (χ4v) is 2.38. The first-order chi connectivity index (χ1) is 11.6. The van der Waals surface area contributed by atoms with E-state index in [9.17, 15) is 14.4 Å². The number of piperazine rings is 1. The molecule has 7 nitrogen and oxygen atoms in total. The van der Waals surface area contributed by atoms with Crippen LogP contribution in [0.5, 0.6) is 0 Å². The number of hydrogen-bond donors (Lipinski definition) is 3. The first-order valence-corrected chi connectivity index (χ1v) is 8.07. The normalized spacial score (nSPS) is 20.4. The number of likely N-dealkylation sites (N-methyl/N-ethyl adjacent to an activating group) is 1. The standard InChI is InChI=1S/C12H11N2O3.C5H12N2.W/c15-10-7-6-9(12(17)14-10)13-11(16)8-4-2-1-3-5-8;1-7-4-2-6-3-5-7;/h1-4,9H,6-7H2,(H,13,16)(H,14,15,17);6H,2-5H2,1H3;/q-1;;. The minimum absolute atomic E-state index is 0. The van der Waals surface area contributed by atoms with E-state index in [0.29, 0.717) is 12.0 Å². The van der Waals surface area contributed by atoms with Crippen LogP contribution in [0.25, 0.3) is 0 Å². The number of benzene rings is 1. The Morgan fingerprint density at radius 1 is 1.28 bits per heavy atom. The molecule has 3 rings (SSSR count). The summed E-state index contributed by atoms with van der Waals surface area (Å²) in [5.41, 5.74) is 0.372. The summed E-state index contributed by atoms with van der Waals surface area (Å²) in [5.74, 6) is -1.11. The summed E-state index contributed by atoms with van der Waals surface area (Å²) in [6, 6.07) is 8.83. The summed E-state index contributed by atoms with van der Waals surface area (Å²) in [4.78, 5) is 36.4. The Balaban J connectivity index is 0.000000330. The fraction of sp³-hybridized carbons (Fsp3) is 0.471. The monoisotopic (exact) mass is 515 g/mol. The van der Waals surface area contributed by atoms with Gasteiger partial charge in [-0.25, -0.2) is 0 Å². The number of amides is 3. The van der Waals surface area contributed by atoms with E-state index in [1.54, 1.807) is 24.3 Å². The molecule has 2 aliphatic heterocycles. The Hall–Kier alpha value is -1.56. The number of carbonyl (C=O) groups excluding carboxylic acids is 3. The Morgan fingerprint density at radius 3 is 2.52 bits per heavy atom. The maximum absolute atomic E-state index is 11.7. The molecule has 136 valence electrons. The SMILES string of the molecule is CN1CCNCC1.O=C1CCC(NC(=O)c2[c-]cccc2)C(=O)N1.[W]. The van der Waals surface area contributed by atoms with Gasteiger partial charge >= 0.3 is 0 Å².